The smallest absolute Gasteiger partial charge is 0.359 e. The summed E-state index contributed by atoms with van der Waals surface area (Å²) in [5, 5.41) is 12.3. The average molecular weight is 691 g/mol. The third-order valence-electron chi connectivity index (χ3n) is 7.64. The fourth-order valence-electron chi connectivity index (χ4n) is 5.53. The van der Waals surface area contributed by atoms with Gasteiger partial charge in [-0.1, -0.05) is 29.6 Å². The van der Waals surface area contributed by atoms with Crippen molar-refractivity contribution in [3.8, 4) is 11.4 Å². The van der Waals surface area contributed by atoms with Crippen molar-refractivity contribution < 1.29 is 19.1 Å². The Hall–Kier alpha value is -4.04. The molecule has 0 spiro atoms. The normalized spacial score (nSPS) is 12.7. The van der Waals surface area contributed by atoms with E-state index in [1.54, 1.807) is 20.0 Å². The number of benzene rings is 1. The lowest BCUT2D eigenvalue weighted by Crippen LogP contribution is -2.25. The zero-order chi connectivity index (χ0) is 35.0. The predicted molar refractivity (Wildman–Crippen MR) is 189 cm³/mol. The molecular weight excluding hydrogens is 649 g/mol. The number of ether oxygens (including phenoxy) is 2. The van der Waals surface area contributed by atoms with Crippen molar-refractivity contribution in [2.45, 2.75) is 89.6 Å². The van der Waals surface area contributed by atoms with E-state index < -0.39 is 5.97 Å². The SMILES string of the molecule is CCOC(=O)c1nn(C(C)(C)C)c2c1CCc1cnc(SC)nc1-2.CCOC(=O)c1nn(C(C)(C)C)c2c1ccc1cnc(SC)nc12. The van der Waals surface area contributed by atoms with Crippen LogP contribution in [-0.4, -0.2) is 77.2 Å². The highest BCUT2D eigenvalue weighted by Crippen LogP contribution is 2.38. The van der Waals surface area contributed by atoms with E-state index in [1.807, 2.05) is 61.0 Å². The minimum Gasteiger partial charge on any atom is -0.461 e. The number of hydrogen-bond donors (Lipinski definition) is 0. The Bertz CT molecular complexity index is 2010. The van der Waals surface area contributed by atoms with Gasteiger partial charge in [-0.2, -0.15) is 10.2 Å². The van der Waals surface area contributed by atoms with Crippen LogP contribution < -0.4 is 0 Å². The number of carbonyl (C=O) groups excluding carboxylic acids is 2. The number of esters is 2. The Morgan fingerprint density at radius 1 is 0.792 bits per heavy atom. The average Bonchev–Trinajstić information content (AvgIpc) is 3.65. The van der Waals surface area contributed by atoms with E-state index in [1.165, 1.54) is 23.5 Å². The molecule has 0 unspecified atom stereocenters. The monoisotopic (exact) mass is 690 g/mol. The molecule has 12 nitrogen and oxygen atoms in total. The van der Waals surface area contributed by atoms with Crippen molar-refractivity contribution in [2.24, 2.45) is 0 Å². The molecule has 4 aromatic heterocycles. The lowest BCUT2D eigenvalue weighted by atomic mass is 9.92. The fourth-order valence-corrected chi connectivity index (χ4v) is 6.21. The zero-order valence-corrected chi connectivity index (χ0v) is 30.8. The summed E-state index contributed by atoms with van der Waals surface area (Å²) in [6.07, 6.45) is 9.13. The fraction of sp³-hybridized carbons (Fsp3) is 0.471. The summed E-state index contributed by atoms with van der Waals surface area (Å²) in [5.74, 6) is -0.775. The first kappa shape index (κ1) is 35.3. The number of rotatable bonds is 6. The summed E-state index contributed by atoms with van der Waals surface area (Å²) >= 11 is 2.99. The molecule has 0 amide bonds. The third kappa shape index (κ3) is 6.77. The number of hydrogen-bond acceptors (Lipinski definition) is 12. The summed E-state index contributed by atoms with van der Waals surface area (Å²) in [5.41, 5.74) is 5.63. The lowest BCUT2D eigenvalue weighted by Gasteiger charge is -2.25. The van der Waals surface area contributed by atoms with E-state index in [4.69, 9.17) is 14.5 Å². The summed E-state index contributed by atoms with van der Waals surface area (Å²) in [6, 6.07) is 3.81. The van der Waals surface area contributed by atoms with Crippen molar-refractivity contribution in [2.75, 3.05) is 25.7 Å². The van der Waals surface area contributed by atoms with Gasteiger partial charge in [0, 0.05) is 28.7 Å². The largest absolute Gasteiger partial charge is 0.461 e. The molecule has 0 atom stereocenters. The van der Waals surface area contributed by atoms with Crippen LogP contribution in [0.4, 0.5) is 0 Å². The molecule has 1 aliphatic rings. The van der Waals surface area contributed by atoms with E-state index in [0.717, 1.165) is 62.3 Å². The number of fused-ring (bicyclic) bond motifs is 6. The molecule has 0 N–H and O–H groups in total. The first-order chi connectivity index (χ1) is 22.7. The maximum atomic E-state index is 12.4. The second kappa shape index (κ2) is 13.8. The van der Waals surface area contributed by atoms with Crippen molar-refractivity contribution in [1.29, 1.82) is 0 Å². The molecule has 48 heavy (non-hydrogen) atoms. The molecule has 254 valence electrons. The van der Waals surface area contributed by atoms with Crippen LogP contribution >= 0.6 is 23.5 Å². The highest BCUT2D eigenvalue weighted by atomic mass is 32.2. The molecule has 0 fully saturated rings. The zero-order valence-electron chi connectivity index (χ0n) is 29.2. The van der Waals surface area contributed by atoms with Crippen LogP contribution in [0.25, 0.3) is 33.2 Å². The van der Waals surface area contributed by atoms with Gasteiger partial charge in [0.15, 0.2) is 21.7 Å². The molecule has 6 rings (SSSR count). The summed E-state index contributed by atoms with van der Waals surface area (Å²) in [4.78, 5) is 42.7. The van der Waals surface area contributed by atoms with Crippen molar-refractivity contribution in [3.63, 3.8) is 0 Å². The van der Waals surface area contributed by atoms with Crippen molar-refractivity contribution in [3.05, 3.63) is 47.0 Å². The molecule has 0 bridgehead atoms. The van der Waals surface area contributed by atoms with Crippen LogP contribution in [0, 0.1) is 0 Å². The number of nitrogens with zero attached hydrogens (tertiary/aromatic N) is 8. The quantitative estimate of drug-likeness (QED) is 0.106. The minimum absolute atomic E-state index is 0.270. The number of aromatic nitrogens is 8. The molecule has 4 heterocycles. The predicted octanol–water partition coefficient (Wildman–Crippen LogP) is 6.73. The topological polar surface area (TPSA) is 140 Å². The van der Waals surface area contributed by atoms with Gasteiger partial charge in [-0.3, -0.25) is 9.36 Å². The second-order valence-corrected chi connectivity index (χ2v) is 14.7. The van der Waals surface area contributed by atoms with Gasteiger partial charge in [0.25, 0.3) is 0 Å². The Morgan fingerprint density at radius 3 is 1.98 bits per heavy atom. The van der Waals surface area contributed by atoms with Gasteiger partial charge < -0.3 is 9.47 Å². The first-order valence-electron chi connectivity index (χ1n) is 15.8. The Kier molecular flexibility index (Phi) is 10.2. The first-order valence-corrected chi connectivity index (χ1v) is 18.3. The van der Waals surface area contributed by atoms with Crippen LogP contribution in [0.2, 0.25) is 0 Å². The van der Waals surface area contributed by atoms with Crippen molar-refractivity contribution in [1.82, 2.24) is 39.5 Å². The Morgan fingerprint density at radius 2 is 1.38 bits per heavy atom. The van der Waals surface area contributed by atoms with Crippen LogP contribution in [0.15, 0.2) is 34.8 Å². The summed E-state index contributed by atoms with van der Waals surface area (Å²) in [7, 11) is 0. The van der Waals surface area contributed by atoms with Gasteiger partial charge in [0.2, 0.25) is 0 Å². The number of carbonyl (C=O) groups is 2. The molecule has 14 heteroatoms. The molecule has 0 radical (unpaired) electrons. The standard InChI is InChI=1S/C17H22N4O2S.C17H20N4O2S/c2*1-6-23-15(22)13-11-8-7-10-9-18-16(24-5)19-12(10)14(11)21(20-13)17(2,3)4/h9H,6-8H2,1-5H3;7-9H,6H2,1-5H3. The van der Waals surface area contributed by atoms with E-state index in [0.29, 0.717) is 29.8 Å². The molecule has 0 saturated heterocycles. The van der Waals surface area contributed by atoms with Crippen LogP contribution in [0.3, 0.4) is 0 Å². The molecule has 1 aliphatic carbocycles. The van der Waals surface area contributed by atoms with Gasteiger partial charge in [0.1, 0.15) is 5.52 Å². The molecule has 0 saturated carbocycles. The minimum atomic E-state index is -0.413. The van der Waals surface area contributed by atoms with Crippen LogP contribution in [0.1, 0.15) is 87.5 Å². The van der Waals surface area contributed by atoms with Gasteiger partial charge in [-0.25, -0.2) is 29.5 Å². The highest BCUT2D eigenvalue weighted by molar-refractivity contribution is 7.98. The highest BCUT2D eigenvalue weighted by Gasteiger charge is 2.34. The van der Waals surface area contributed by atoms with E-state index in [2.05, 4.69) is 45.9 Å². The summed E-state index contributed by atoms with van der Waals surface area (Å²) < 4.78 is 14.1. The van der Waals surface area contributed by atoms with Gasteiger partial charge in [0.05, 0.1) is 41.2 Å². The maximum absolute atomic E-state index is 12.4. The third-order valence-corrected chi connectivity index (χ3v) is 8.76. The molecule has 5 aromatic rings. The Balaban J connectivity index is 0.000000188. The second-order valence-electron chi connectivity index (χ2n) is 13.1. The maximum Gasteiger partial charge on any atom is 0.359 e. The number of aryl methyl sites for hydroxylation is 1. The molecular formula is C34H42N8O4S2. The van der Waals surface area contributed by atoms with Crippen LogP contribution in [0.5, 0.6) is 0 Å². The van der Waals surface area contributed by atoms with Crippen LogP contribution in [-0.2, 0) is 33.4 Å². The number of thioether (sulfide) groups is 2. The van der Waals surface area contributed by atoms with E-state index in [-0.39, 0.29) is 17.0 Å². The van der Waals surface area contributed by atoms with Gasteiger partial charge in [-0.05, 0) is 92.4 Å². The van der Waals surface area contributed by atoms with E-state index in [9.17, 15) is 9.59 Å². The van der Waals surface area contributed by atoms with Gasteiger partial charge in [-0.15, -0.1) is 0 Å². The molecule has 0 aliphatic heterocycles. The van der Waals surface area contributed by atoms with Gasteiger partial charge >= 0.3 is 11.9 Å². The van der Waals surface area contributed by atoms with Crippen molar-refractivity contribution >= 4 is 57.3 Å². The summed E-state index contributed by atoms with van der Waals surface area (Å²) in [6.45, 7) is 16.6. The molecule has 1 aromatic carbocycles. The Labute approximate surface area is 288 Å². The lowest BCUT2D eigenvalue weighted by molar-refractivity contribution is 0.0508. The van der Waals surface area contributed by atoms with E-state index >= 15 is 0 Å².